The van der Waals surface area contributed by atoms with E-state index in [0.717, 1.165) is 11.3 Å². The molecule has 0 heterocycles. The fourth-order valence-corrected chi connectivity index (χ4v) is 2.53. The fraction of sp³-hybridized carbons (Fsp3) is 0.316. The first-order valence-corrected chi connectivity index (χ1v) is 7.49. The summed E-state index contributed by atoms with van der Waals surface area (Å²) in [7, 11) is 1.63. The lowest BCUT2D eigenvalue weighted by Crippen LogP contribution is -2.28. The number of nitrogens with one attached hydrogen (secondary N) is 1. The maximum Gasteiger partial charge on any atom is 0.224 e. The summed E-state index contributed by atoms with van der Waals surface area (Å²) in [6.07, 6.45) is 0.374. The van der Waals surface area contributed by atoms with Gasteiger partial charge in [0.25, 0.3) is 0 Å². The molecule has 1 atom stereocenters. The van der Waals surface area contributed by atoms with E-state index in [-0.39, 0.29) is 11.9 Å². The van der Waals surface area contributed by atoms with E-state index < -0.39 is 0 Å². The van der Waals surface area contributed by atoms with Gasteiger partial charge in [-0.2, -0.15) is 0 Å². The summed E-state index contributed by atoms with van der Waals surface area (Å²) < 4.78 is 5.12. The SMILES string of the molecule is COc1ccc(CC(=O)N[C@@H](C)c2cc(C)ccc2C)cc1. The van der Waals surface area contributed by atoms with Crippen molar-refractivity contribution >= 4 is 5.91 Å². The predicted octanol–water partition coefficient (Wildman–Crippen LogP) is 3.73. The van der Waals surface area contributed by atoms with Gasteiger partial charge < -0.3 is 10.1 Å². The predicted molar refractivity (Wildman–Crippen MR) is 89.2 cm³/mol. The van der Waals surface area contributed by atoms with Gasteiger partial charge in [0, 0.05) is 0 Å². The topological polar surface area (TPSA) is 38.3 Å². The second kappa shape index (κ2) is 7.12. The molecule has 2 rings (SSSR count). The second-order valence-corrected chi connectivity index (χ2v) is 5.67. The van der Waals surface area contributed by atoms with Gasteiger partial charge in [-0.15, -0.1) is 0 Å². The number of ether oxygens (including phenoxy) is 1. The minimum Gasteiger partial charge on any atom is -0.497 e. The van der Waals surface area contributed by atoms with Crippen molar-refractivity contribution in [1.82, 2.24) is 5.32 Å². The molecular formula is C19H23NO2. The van der Waals surface area contributed by atoms with Crippen LogP contribution in [-0.2, 0) is 11.2 Å². The highest BCUT2D eigenvalue weighted by Crippen LogP contribution is 2.19. The van der Waals surface area contributed by atoms with Crippen molar-refractivity contribution in [2.24, 2.45) is 0 Å². The maximum atomic E-state index is 12.2. The van der Waals surface area contributed by atoms with Crippen LogP contribution in [0.15, 0.2) is 42.5 Å². The smallest absolute Gasteiger partial charge is 0.224 e. The Morgan fingerprint density at radius 3 is 2.45 bits per heavy atom. The standard InChI is InChI=1S/C19H23NO2/c1-13-5-6-14(2)18(11-13)15(3)20-19(21)12-16-7-9-17(22-4)10-8-16/h5-11,15H,12H2,1-4H3,(H,20,21)/t15-/m0/s1. The summed E-state index contributed by atoms with van der Waals surface area (Å²) in [6, 6.07) is 13.9. The first-order chi connectivity index (χ1) is 10.5. The van der Waals surface area contributed by atoms with Crippen LogP contribution < -0.4 is 10.1 Å². The molecule has 1 N–H and O–H groups in total. The average Bonchev–Trinajstić information content (AvgIpc) is 2.50. The number of aryl methyl sites for hydroxylation is 2. The molecule has 0 spiro atoms. The normalized spacial score (nSPS) is 11.8. The molecule has 3 nitrogen and oxygen atoms in total. The van der Waals surface area contributed by atoms with Gasteiger partial charge in [-0.3, -0.25) is 4.79 Å². The Hall–Kier alpha value is -2.29. The van der Waals surface area contributed by atoms with Crippen LogP contribution in [0.1, 0.15) is 35.2 Å². The maximum absolute atomic E-state index is 12.2. The largest absolute Gasteiger partial charge is 0.497 e. The molecule has 2 aromatic carbocycles. The summed E-state index contributed by atoms with van der Waals surface area (Å²) in [6.45, 7) is 6.16. The lowest BCUT2D eigenvalue weighted by atomic mass is 10.00. The van der Waals surface area contributed by atoms with Crippen LogP contribution in [0.25, 0.3) is 0 Å². The van der Waals surface area contributed by atoms with Gasteiger partial charge in [0.15, 0.2) is 0 Å². The van der Waals surface area contributed by atoms with Crippen LogP contribution in [0.5, 0.6) is 5.75 Å². The Balaban J connectivity index is 2.00. The number of rotatable bonds is 5. The molecule has 0 radical (unpaired) electrons. The number of benzene rings is 2. The van der Waals surface area contributed by atoms with Gasteiger partial charge in [0.1, 0.15) is 5.75 Å². The van der Waals surface area contributed by atoms with Gasteiger partial charge in [-0.25, -0.2) is 0 Å². The summed E-state index contributed by atoms with van der Waals surface area (Å²) in [5, 5.41) is 3.07. The zero-order chi connectivity index (χ0) is 16.1. The molecule has 22 heavy (non-hydrogen) atoms. The minimum absolute atomic E-state index is 0.00523. The highest BCUT2D eigenvalue weighted by atomic mass is 16.5. The molecule has 3 heteroatoms. The van der Waals surface area contributed by atoms with Gasteiger partial charge >= 0.3 is 0 Å². The quantitative estimate of drug-likeness (QED) is 0.913. The van der Waals surface area contributed by atoms with Crippen LogP contribution in [0.4, 0.5) is 0 Å². The molecule has 116 valence electrons. The third-order valence-corrected chi connectivity index (χ3v) is 3.80. The van der Waals surface area contributed by atoms with Crippen molar-refractivity contribution in [2.45, 2.75) is 33.2 Å². The first kappa shape index (κ1) is 16.1. The summed E-state index contributed by atoms with van der Waals surface area (Å²) in [5.41, 5.74) is 4.55. The third-order valence-electron chi connectivity index (χ3n) is 3.80. The van der Waals surface area contributed by atoms with E-state index in [0.29, 0.717) is 6.42 Å². The van der Waals surface area contributed by atoms with Gasteiger partial charge in [-0.1, -0.05) is 35.9 Å². The number of amides is 1. The molecule has 0 aliphatic heterocycles. The number of hydrogen-bond acceptors (Lipinski definition) is 2. The highest BCUT2D eigenvalue weighted by molar-refractivity contribution is 5.79. The monoisotopic (exact) mass is 297 g/mol. The van der Waals surface area contributed by atoms with Gasteiger partial charge in [0.2, 0.25) is 5.91 Å². The van der Waals surface area contributed by atoms with Crippen molar-refractivity contribution in [2.75, 3.05) is 7.11 Å². The molecule has 0 aliphatic carbocycles. The van der Waals surface area contributed by atoms with E-state index in [9.17, 15) is 4.79 Å². The Labute approximate surface area is 132 Å². The molecule has 0 aromatic heterocycles. The molecule has 0 unspecified atom stereocenters. The van der Waals surface area contributed by atoms with E-state index in [1.165, 1.54) is 16.7 Å². The second-order valence-electron chi connectivity index (χ2n) is 5.67. The summed E-state index contributed by atoms with van der Waals surface area (Å²) in [5.74, 6) is 0.825. The van der Waals surface area contributed by atoms with Crippen molar-refractivity contribution < 1.29 is 9.53 Å². The average molecular weight is 297 g/mol. The molecular weight excluding hydrogens is 274 g/mol. The van der Waals surface area contributed by atoms with Crippen LogP contribution in [-0.4, -0.2) is 13.0 Å². The molecule has 0 saturated carbocycles. The lowest BCUT2D eigenvalue weighted by Gasteiger charge is -2.17. The highest BCUT2D eigenvalue weighted by Gasteiger charge is 2.12. The van der Waals surface area contributed by atoms with Crippen LogP contribution in [0.3, 0.4) is 0 Å². The number of methoxy groups -OCH3 is 1. The van der Waals surface area contributed by atoms with E-state index >= 15 is 0 Å². The van der Waals surface area contributed by atoms with E-state index in [1.54, 1.807) is 7.11 Å². The van der Waals surface area contributed by atoms with E-state index in [2.05, 4.69) is 37.4 Å². The number of hydrogen-bond donors (Lipinski definition) is 1. The Bertz CT molecular complexity index is 647. The van der Waals surface area contributed by atoms with Crippen LogP contribution >= 0.6 is 0 Å². The number of carbonyl (C=O) groups is 1. The van der Waals surface area contributed by atoms with Crippen molar-refractivity contribution in [3.63, 3.8) is 0 Å². The fourth-order valence-electron chi connectivity index (χ4n) is 2.53. The molecule has 0 bridgehead atoms. The first-order valence-electron chi connectivity index (χ1n) is 7.49. The lowest BCUT2D eigenvalue weighted by molar-refractivity contribution is -0.121. The molecule has 0 fully saturated rings. The van der Waals surface area contributed by atoms with Gasteiger partial charge in [-0.05, 0) is 49.6 Å². The Morgan fingerprint density at radius 1 is 1.14 bits per heavy atom. The molecule has 2 aromatic rings. The van der Waals surface area contributed by atoms with Gasteiger partial charge in [0.05, 0.1) is 19.6 Å². The van der Waals surface area contributed by atoms with Crippen LogP contribution in [0, 0.1) is 13.8 Å². The zero-order valence-corrected chi connectivity index (χ0v) is 13.6. The number of carbonyl (C=O) groups excluding carboxylic acids is 1. The Kier molecular flexibility index (Phi) is 5.21. The van der Waals surface area contributed by atoms with E-state index in [1.807, 2.05) is 31.2 Å². The van der Waals surface area contributed by atoms with Crippen molar-refractivity contribution in [1.29, 1.82) is 0 Å². The minimum atomic E-state index is 0.00523. The molecule has 0 saturated heterocycles. The Morgan fingerprint density at radius 2 is 1.82 bits per heavy atom. The summed E-state index contributed by atoms with van der Waals surface area (Å²) >= 11 is 0. The molecule has 0 aliphatic rings. The van der Waals surface area contributed by atoms with Crippen molar-refractivity contribution in [3.8, 4) is 5.75 Å². The van der Waals surface area contributed by atoms with Crippen LogP contribution in [0.2, 0.25) is 0 Å². The summed E-state index contributed by atoms with van der Waals surface area (Å²) in [4.78, 5) is 12.2. The van der Waals surface area contributed by atoms with E-state index in [4.69, 9.17) is 4.74 Å². The zero-order valence-electron chi connectivity index (χ0n) is 13.6. The third kappa shape index (κ3) is 4.10. The van der Waals surface area contributed by atoms with Crippen molar-refractivity contribution in [3.05, 3.63) is 64.7 Å². The molecule has 1 amide bonds.